The monoisotopic (exact) mass is 283 g/mol. The lowest BCUT2D eigenvalue weighted by atomic mass is 10.0. The zero-order valence-corrected chi connectivity index (χ0v) is 12.1. The number of halogens is 1. The van der Waals surface area contributed by atoms with Crippen molar-refractivity contribution < 1.29 is 0 Å². The Balaban J connectivity index is 2.33. The quantitative estimate of drug-likeness (QED) is 0.711. The van der Waals surface area contributed by atoms with E-state index < -0.39 is 0 Å². The lowest BCUT2D eigenvalue weighted by molar-refractivity contribution is 1.07. The van der Waals surface area contributed by atoms with E-state index in [0.717, 1.165) is 27.8 Å². The molecule has 3 aromatic rings. The van der Waals surface area contributed by atoms with Gasteiger partial charge in [-0.25, -0.2) is 4.98 Å². The summed E-state index contributed by atoms with van der Waals surface area (Å²) in [5.41, 5.74) is 3.10. The SMILES string of the molecule is CN(C)c1ncccc1-c1ccnc2ccc(Cl)cc12. The van der Waals surface area contributed by atoms with Gasteiger partial charge in [0, 0.05) is 42.5 Å². The van der Waals surface area contributed by atoms with Crippen LogP contribution in [0.1, 0.15) is 0 Å². The molecule has 0 spiro atoms. The Kier molecular flexibility index (Phi) is 3.28. The zero-order chi connectivity index (χ0) is 14.1. The van der Waals surface area contributed by atoms with Crippen molar-refractivity contribution in [2.45, 2.75) is 0 Å². The lowest BCUT2D eigenvalue weighted by Crippen LogP contribution is -2.11. The van der Waals surface area contributed by atoms with Gasteiger partial charge in [-0.05, 0) is 42.0 Å². The Labute approximate surface area is 122 Å². The van der Waals surface area contributed by atoms with Crippen LogP contribution in [0, 0.1) is 0 Å². The summed E-state index contributed by atoms with van der Waals surface area (Å²) in [5.74, 6) is 0.931. The molecule has 2 aromatic heterocycles. The van der Waals surface area contributed by atoms with Crippen molar-refractivity contribution in [1.29, 1.82) is 0 Å². The number of aromatic nitrogens is 2. The zero-order valence-electron chi connectivity index (χ0n) is 11.3. The molecule has 20 heavy (non-hydrogen) atoms. The number of hydrogen-bond acceptors (Lipinski definition) is 3. The van der Waals surface area contributed by atoms with Crippen molar-refractivity contribution in [3.05, 3.63) is 53.8 Å². The molecule has 3 nitrogen and oxygen atoms in total. The second-order valence-electron chi connectivity index (χ2n) is 4.79. The predicted molar refractivity (Wildman–Crippen MR) is 84.3 cm³/mol. The highest BCUT2D eigenvalue weighted by Crippen LogP contribution is 2.33. The van der Waals surface area contributed by atoms with Crippen LogP contribution in [-0.2, 0) is 0 Å². The van der Waals surface area contributed by atoms with Gasteiger partial charge in [-0.1, -0.05) is 11.6 Å². The molecular formula is C16H14ClN3. The average Bonchev–Trinajstić information content (AvgIpc) is 2.46. The van der Waals surface area contributed by atoms with E-state index in [1.807, 2.05) is 55.5 Å². The summed E-state index contributed by atoms with van der Waals surface area (Å²) in [4.78, 5) is 10.9. The molecule has 0 amide bonds. The number of anilines is 1. The van der Waals surface area contributed by atoms with Gasteiger partial charge in [-0.2, -0.15) is 0 Å². The minimum absolute atomic E-state index is 0.710. The summed E-state index contributed by atoms with van der Waals surface area (Å²) >= 11 is 6.13. The molecule has 0 fully saturated rings. The number of fused-ring (bicyclic) bond motifs is 1. The largest absolute Gasteiger partial charge is 0.362 e. The van der Waals surface area contributed by atoms with Crippen LogP contribution in [0.4, 0.5) is 5.82 Å². The van der Waals surface area contributed by atoms with Crippen molar-refractivity contribution in [2.75, 3.05) is 19.0 Å². The van der Waals surface area contributed by atoms with Crippen LogP contribution in [0.25, 0.3) is 22.0 Å². The fourth-order valence-corrected chi connectivity index (χ4v) is 2.49. The molecule has 1 aromatic carbocycles. The first-order chi connectivity index (χ1) is 9.66. The Morgan fingerprint density at radius 2 is 1.80 bits per heavy atom. The summed E-state index contributed by atoms with van der Waals surface area (Å²) in [7, 11) is 3.98. The van der Waals surface area contributed by atoms with E-state index in [4.69, 9.17) is 11.6 Å². The van der Waals surface area contributed by atoms with Crippen LogP contribution in [0.2, 0.25) is 5.02 Å². The molecule has 0 aliphatic rings. The molecule has 0 saturated carbocycles. The van der Waals surface area contributed by atoms with Crippen molar-refractivity contribution in [2.24, 2.45) is 0 Å². The van der Waals surface area contributed by atoms with E-state index in [1.165, 1.54) is 0 Å². The molecule has 0 aliphatic carbocycles. The number of rotatable bonds is 2. The molecule has 0 saturated heterocycles. The third kappa shape index (κ3) is 2.21. The maximum Gasteiger partial charge on any atom is 0.135 e. The first kappa shape index (κ1) is 12.9. The van der Waals surface area contributed by atoms with Gasteiger partial charge in [0.1, 0.15) is 5.82 Å². The summed E-state index contributed by atoms with van der Waals surface area (Å²) in [6.07, 6.45) is 3.62. The Bertz CT molecular complexity index is 769. The van der Waals surface area contributed by atoms with Gasteiger partial charge in [0.15, 0.2) is 0 Å². The van der Waals surface area contributed by atoms with Crippen molar-refractivity contribution in [3.8, 4) is 11.1 Å². The van der Waals surface area contributed by atoms with E-state index in [-0.39, 0.29) is 0 Å². The van der Waals surface area contributed by atoms with Crippen LogP contribution >= 0.6 is 11.6 Å². The molecule has 4 heteroatoms. The molecule has 100 valence electrons. The summed E-state index contributed by atoms with van der Waals surface area (Å²) < 4.78 is 0. The van der Waals surface area contributed by atoms with Crippen molar-refractivity contribution in [3.63, 3.8) is 0 Å². The minimum Gasteiger partial charge on any atom is -0.362 e. The van der Waals surface area contributed by atoms with Crippen LogP contribution in [0.3, 0.4) is 0 Å². The first-order valence-electron chi connectivity index (χ1n) is 6.34. The molecule has 0 aliphatic heterocycles. The maximum absolute atomic E-state index is 6.13. The standard InChI is InChI=1S/C16H14ClN3/c1-20(2)16-13(4-3-8-19-16)12-7-9-18-15-6-5-11(17)10-14(12)15/h3-10H,1-2H3. The summed E-state index contributed by atoms with van der Waals surface area (Å²) in [6.45, 7) is 0. The molecule has 0 N–H and O–H groups in total. The highest BCUT2D eigenvalue weighted by molar-refractivity contribution is 6.31. The molecular weight excluding hydrogens is 270 g/mol. The normalized spacial score (nSPS) is 10.8. The third-order valence-electron chi connectivity index (χ3n) is 3.20. The van der Waals surface area contributed by atoms with Gasteiger partial charge < -0.3 is 4.90 Å². The highest BCUT2D eigenvalue weighted by atomic mass is 35.5. The summed E-state index contributed by atoms with van der Waals surface area (Å²) in [5, 5.41) is 1.75. The fourth-order valence-electron chi connectivity index (χ4n) is 2.32. The van der Waals surface area contributed by atoms with Gasteiger partial charge in [0.25, 0.3) is 0 Å². The molecule has 3 rings (SSSR count). The Morgan fingerprint density at radius 3 is 2.60 bits per heavy atom. The van der Waals surface area contributed by atoms with E-state index in [1.54, 1.807) is 6.20 Å². The van der Waals surface area contributed by atoms with Crippen LogP contribution in [0.15, 0.2) is 48.8 Å². The van der Waals surface area contributed by atoms with Gasteiger partial charge in [-0.15, -0.1) is 0 Å². The van der Waals surface area contributed by atoms with Gasteiger partial charge in [0.2, 0.25) is 0 Å². The van der Waals surface area contributed by atoms with Gasteiger partial charge >= 0.3 is 0 Å². The van der Waals surface area contributed by atoms with Crippen molar-refractivity contribution in [1.82, 2.24) is 9.97 Å². The molecule has 0 unspecified atom stereocenters. The van der Waals surface area contributed by atoms with E-state index in [2.05, 4.69) is 16.0 Å². The summed E-state index contributed by atoms with van der Waals surface area (Å²) in [6, 6.07) is 11.8. The predicted octanol–water partition coefficient (Wildman–Crippen LogP) is 4.02. The van der Waals surface area contributed by atoms with E-state index in [9.17, 15) is 0 Å². The Hall–Kier alpha value is -2.13. The van der Waals surface area contributed by atoms with Crippen LogP contribution in [0.5, 0.6) is 0 Å². The maximum atomic E-state index is 6.13. The fraction of sp³-hybridized carbons (Fsp3) is 0.125. The number of pyridine rings is 2. The number of benzene rings is 1. The number of hydrogen-bond donors (Lipinski definition) is 0. The molecule has 0 radical (unpaired) electrons. The molecule has 2 heterocycles. The van der Waals surface area contributed by atoms with Crippen LogP contribution < -0.4 is 4.90 Å². The molecule has 0 bridgehead atoms. The topological polar surface area (TPSA) is 29.0 Å². The third-order valence-corrected chi connectivity index (χ3v) is 3.44. The second-order valence-corrected chi connectivity index (χ2v) is 5.23. The van der Waals surface area contributed by atoms with E-state index in [0.29, 0.717) is 5.02 Å². The number of nitrogens with zero attached hydrogens (tertiary/aromatic N) is 3. The second kappa shape index (κ2) is 5.10. The highest BCUT2D eigenvalue weighted by Gasteiger charge is 2.11. The Morgan fingerprint density at radius 1 is 0.950 bits per heavy atom. The first-order valence-corrected chi connectivity index (χ1v) is 6.71. The minimum atomic E-state index is 0.710. The smallest absolute Gasteiger partial charge is 0.135 e. The molecule has 0 atom stereocenters. The van der Waals surface area contributed by atoms with E-state index >= 15 is 0 Å². The average molecular weight is 284 g/mol. The van der Waals surface area contributed by atoms with Gasteiger partial charge in [0.05, 0.1) is 5.52 Å². The lowest BCUT2D eigenvalue weighted by Gasteiger charge is -2.17. The van der Waals surface area contributed by atoms with Gasteiger partial charge in [-0.3, -0.25) is 4.98 Å². The van der Waals surface area contributed by atoms with Crippen molar-refractivity contribution >= 4 is 28.3 Å². The van der Waals surface area contributed by atoms with Crippen LogP contribution in [-0.4, -0.2) is 24.1 Å².